The van der Waals surface area contributed by atoms with Gasteiger partial charge in [0.1, 0.15) is 5.82 Å². The molecule has 1 unspecified atom stereocenters. The predicted molar refractivity (Wildman–Crippen MR) is 130 cm³/mol. The molecule has 2 aromatic rings. The predicted octanol–water partition coefficient (Wildman–Crippen LogP) is 4.67. The molecule has 0 spiro atoms. The lowest BCUT2D eigenvalue weighted by atomic mass is 9.96. The first kappa shape index (κ1) is 23.2. The number of hydrogen-bond acceptors (Lipinski definition) is 5. The Kier molecular flexibility index (Phi) is 6.61. The Morgan fingerprint density at radius 1 is 1.16 bits per heavy atom. The third kappa shape index (κ3) is 4.85. The monoisotopic (exact) mass is 492 g/mol. The van der Waals surface area contributed by atoms with E-state index < -0.39 is 10.7 Å². The molecule has 2 fully saturated rings. The minimum atomic E-state index is -0.681. The van der Waals surface area contributed by atoms with Gasteiger partial charge in [0.25, 0.3) is 0 Å². The summed E-state index contributed by atoms with van der Waals surface area (Å²) in [5.41, 5.74) is 5.73. The van der Waals surface area contributed by atoms with Crippen molar-refractivity contribution < 1.29 is 9.59 Å². The number of piperidine rings is 1. The molecular formula is C23H26Cl2N4O2S. The van der Waals surface area contributed by atoms with Gasteiger partial charge in [0.05, 0.1) is 15.3 Å². The molecule has 2 amide bonds. The number of primary amides is 1. The summed E-state index contributed by atoms with van der Waals surface area (Å²) in [6.45, 7) is 3.82. The van der Waals surface area contributed by atoms with Crippen molar-refractivity contribution in [1.29, 1.82) is 0 Å². The van der Waals surface area contributed by atoms with Gasteiger partial charge in [0.2, 0.25) is 11.8 Å². The van der Waals surface area contributed by atoms with E-state index >= 15 is 0 Å². The molecule has 2 bridgehead atoms. The van der Waals surface area contributed by atoms with Crippen molar-refractivity contribution in [2.45, 2.75) is 67.3 Å². The number of halogens is 2. The summed E-state index contributed by atoms with van der Waals surface area (Å²) in [5.74, 6) is 0.379. The highest BCUT2D eigenvalue weighted by Crippen LogP contribution is 2.40. The first-order chi connectivity index (χ1) is 15.1. The minimum Gasteiger partial charge on any atom is -0.366 e. The van der Waals surface area contributed by atoms with Gasteiger partial charge in [0, 0.05) is 34.2 Å². The van der Waals surface area contributed by atoms with E-state index in [1.807, 2.05) is 26.0 Å². The van der Waals surface area contributed by atoms with Crippen LogP contribution < -0.4 is 16.0 Å². The number of carbonyl (C=O) groups excluding carboxylic acids is 2. The van der Waals surface area contributed by atoms with Gasteiger partial charge >= 0.3 is 0 Å². The molecule has 0 aliphatic carbocycles. The van der Waals surface area contributed by atoms with Crippen LogP contribution in [0.5, 0.6) is 0 Å². The fourth-order valence-corrected chi connectivity index (χ4v) is 6.11. The minimum absolute atomic E-state index is 0.00435. The van der Waals surface area contributed by atoms with Crippen molar-refractivity contribution in [3.8, 4) is 0 Å². The number of rotatable bonds is 6. The molecule has 170 valence electrons. The molecule has 6 nitrogen and oxygen atoms in total. The zero-order valence-electron chi connectivity index (χ0n) is 18.0. The van der Waals surface area contributed by atoms with Crippen LogP contribution in [0.15, 0.2) is 41.4 Å². The zero-order chi connectivity index (χ0) is 23.0. The first-order valence-electron chi connectivity index (χ1n) is 10.6. The number of hydrogen-bond donors (Lipinski definition) is 2. The largest absolute Gasteiger partial charge is 0.366 e. The maximum absolute atomic E-state index is 13.1. The number of nitrogens with zero attached hydrogens (tertiary/aromatic N) is 2. The molecule has 32 heavy (non-hydrogen) atoms. The zero-order valence-corrected chi connectivity index (χ0v) is 20.3. The lowest BCUT2D eigenvalue weighted by molar-refractivity contribution is -0.123. The number of nitrogens with one attached hydrogen (secondary N) is 1. The molecule has 9 heteroatoms. The van der Waals surface area contributed by atoms with E-state index in [9.17, 15) is 9.59 Å². The van der Waals surface area contributed by atoms with Crippen molar-refractivity contribution in [2.75, 3.05) is 4.90 Å². The number of anilines is 1. The van der Waals surface area contributed by atoms with E-state index in [1.54, 1.807) is 18.2 Å². The van der Waals surface area contributed by atoms with Crippen LogP contribution in [-0.4, -0.2) is 39.7 Å². The van der Waals surface area contributed by atoms with Crippen LogP contribution in [0.25, 0.3) is 0 Å². The number of nitrogens with two attached hydrogens (primary N) is 1. The molecule has 2 aliphatic rings. The van der Waals surface area contributed by atoms with Crippen molar-refractivity contribution in [3.05, 3.63) is 52.1 Å². The van der Waals surface area contributed by atoms with Gasteiger partial charge in [-0.1, -0.05) is 23.2 Å². The van der Waals surface area contributed by atoms with Gasteiger partial charge in [0.15, 0.2) is 0 Å². The fraction of sp³-hybridized carbons (Fsp3) is 0.435. The van der Waals surface area contributed by atoms with E-state index in [0.29, 0.717) is 27.7 Å². The smallest absolute Gasteiger partial charge is 0.250 e. The van der Waals surface area contributed by atoms with E-state index in [-0.39, 0.29) is 11.9 Å². The summed E-state index contributed by atoms with van der Waals surface area (Å²) in [5, 5.41) is 4.39. The molecule has 4 rings (SSSR count). The van der Waals surface area contributed by atoms with Gasteiger partial charge in [-0.3, -0.25) is 9.59 Å². The summed E-state index contributed by atoms with van der Waals surface area (Å²) < 4.78 is -0.681. The van der Waals surface area contributed by atoms with Crippen molar-refractivity contribution in [3.63, 3.8) is 0 Å². The highest BCUT2D eigenvalue weighted by Gasteiger charge is 2.43. The molecule has 2 saturated heterocycles. The van der Waals surface area contributed by atoms with Crippen molar-refractivity contribution in [1.82, 2.24) is 10.3 Å². The molecule has 2 aliphatic heterocycles. The van der Waals surface area contributed by atoms with E-state index in [2.05, 4.69) is 15.2 Å². The number of thioether (sulfide) groups is 1. The number of pyridine rings is 1. The molecule has 3 atom stereocenters. The highest BCUT2D eigenvalue weighted by molar-refractivity contribution is 8.01. The summed E-state index contributed by atoms with van der Waals surface area (Å²) in [6.07, 6.45) is 5.39. The second kappa shape index (κ2) is 9.12. The Morgan fingerprint density at radius 2 is 1.84 bits per heavy atom. The molecule has 0 radical (unpaired) electrons. The van der Waals surface area contributed by atoms with Crippen LogP contribution >= 0.6 is 35.0 Å². The fourth-order valence-electron chi connectivity index (χ4n) is 4.59. The molecule has 3 N–H and O–H groups in total. The summed E-state index contributed by atoms with van der Waals surface area (Å²) in [6, 6.07) is 9.64. The van der Waals surface area contributed by atoms with Crippen molar-refractivity contribution >= 4 is 52.6 Å². The second-order valence-electron chi connectivity index (χ2n) is 8.89. The van der Waals surface area contributed by atoms with Gasteiger partial charge in [-0.15, -0.1) is 11.8 Å². The molecule has 0 saturated carbocycles. The van der Waals surface area contributed by atoms with Crippen LogP contribution in [0.2, 0.25) is 10.0 Å². The highest BCUT2D eigenvalue weighted by atomic mass is 35.5. The standard InChI is InChI=1S/C23H26Cl2N4O2S/c1-23(2,32-19-7-4-14(24)9-18(19)25)22(31)28-15-10-16-5-6-17(11-15)29(16)20-8-3-13(12-27-20)21(26)30/h3-4,7-9,12,15-17H,5-6,10-11H2,1-2H3,(H2,26,30)(H,28,31)/t15?,16-,17+. The quantitative estimate of drug-likeness (QED) is 0.571. The topological polar surface area (TPSA) is 88.3 Å². The number of fused-ring (bicyclic) bond motifs is 2. The van der Waals surface area contributed by atoms with Gasteiger partial charge in [-0.05, 0) is 69.9 Å². The molecule has 1 aromatic heterocycles. The first-order valence-corrected chi connectivity index (χ1v) is 12.2. The average molecular weight is 493 g/mol. The maximum atomic E-state index is 13.1. The van der Waals surface area contributed by atoms with Crippen molar-refractivity contribution in [2.24, 2.45) is 5.73 Å². The summed E-state index contributed by atoms with van der Waals surface area (Å²) in [4.78, 5) is 32.1. The molecular weight excluding hydrogens is 467 g/mol. The van der Waals surface area contributed by atoms with Crippen LogP contribution in [-0.2, 0) is 4.79 Å². The van der Waals surface area contributed by atoms with Crippen LogP contribution in [0.4, 0.5) is 5.82 Å². The second-order valence-corrected chi connectivity index (χ2v) is 11.4. The van der Waals surface area contributed by atoms with Crippen LogP contribution in [0.1, 0.15) is 49.9 Å². The van der Waals surface area contributed by atoms with E-state index in [0.717, 1.165) is 36.4 Å². The Bertz CT molecular complexity index is 1020. The Hall–Kier alpha value is -1.96. The number of aromatic nitrogens is 1. The number of amides is 2. The Labute approximate surface area is 202 Å². The molecule has 3 heterocycles. The average Bonchev–Trinajstić information content (AvgIpc) is 3.00. The Balaban J connectivity index is 1.40. The third-order valence-corrected chi connectivity index (χ3v) is 8.10. The number of benzene rings is 1. The summed E-state index contributed by atoms with van der Waals surface area (Å²) >= 11 is 13.7. The third-order valence-electron chi connectivity index (χ3n) is 6.17. The van der Waals surface area contributed by atoms with Gasteiger partial charge in [-0.25, -0.2) is 4.98 Å². The van der Waals surface area contributed by atoms with E-state index in [1.165, 1.54) is 18.0 Å². The van der Waals surface area contributed by atoms with Gasteiger partial charge in [-0.2, -0.15) is 0 Å². The number of carbonyl (C=O) groups is 2. The normalized spacial score (nSPS) is 22.6. The van der Waals surface area contributed by atoms with Crippen LogP contribution in [0, 0.1) is 0 Å². The molecule has 1 aromatic carbocycles. The van der Waals surface area contributed by atoms with Crippen LogP contribution in [0.3, 0.4) is 0 Å². The SMILES string of the molecule is CC(C)(Sc1ccc(Cl)cc1Cl)C(=O)NC1C[C@H]2CC[C@@H](C1)N2c1ccc(C(N)=O)cn1. The summed E-state index contributed by atoms with van der Waals surface area (Å²) in [7, 11) is 0. The van der Waals surface area contributed by atoms with Gasteiger partial charge < -0.3 is 16.0 Å². The Morgan fingerprint density at radius 3 is 2.41 bits per heavy atom. The lowest BCUT2D eigenvalue weighted by Gasteiger charge is -2.40. The van der Waals surface area contributed by atoms with E-state index in [4.69, 9.17) is 28.9 Å². The lowest BCUT2D eigenvalue weighted by Crippen LogP contribution is -2.53. The maximum Gasteiger partial charge on any atom is 0.250 e.